The molecule has 8 nitrogen and oxygen atoms in total. The zero-order valence-corrected chi connectivity index (χ0v) is 10.5. The summed E-state index contributed by atoms with van der Waals surface area (Å²) in [4.78, 5) is 12.4. The van der Waals surface area contributed by atoms with Crippen LogP contribution in [0, 0.1) is 0 Å². The van der Waals surface area contributed by atoms with Crippen molar-refractivity contribution < 1.29 is 58.5 Å². The molecule has 19 heavy (non-hydrogen) atoms. The summed E-state index contributed by atoms with van der Waals surface area (Å²) >= 11 is 0. The molecule has 0 aromatic carbocycles. The van der Waals surface area contributed by atoms with Gasteiger partial charge in [0.15, 0.2) is 0 Å². The topological polar surface area (TPSA) is 139 Å². The summed E-state index contributed by atoms with van der Waals surface area (Å²) in [5.74, 6) is 0. The molecule has 0 rings (SSSR count). The molecule has 0 spiro atoms. The Morgan fingerprint density at radius 1 is 1.21 bits per heavy atom. The molecule has 0 saturated carbocycles. The van der Waals surface area contributed by atoms with Crippen molar-refractivity contribution in [2.24, 2.45) is 0 Å². The Morgan fingerprint density at radius 3 is 2.37 bits per heavy atom. The van der Waals surface area contributed by atoms with Crippen LogP contribution in [0.25, 0.3) is 0 Å². The molecule has 0 aliphatic rings. The quantitative estimate of drug-likeness (QED) is 0.288. The second kappa shape index (κ2) is 7.29. The van der Waals surface area contributed by atoms with Gasteiger partial charge < -0.3 is 29.6 Å². The van der Waals surface area contributed by atoms with Crippen molar-refractivity contribution in [3.05, 3.63) is 0 Å². The number of hydrogen-bond acceptors (Lipinski definition) is 8. The van der Waals surface area contributed by atoms with Crippen LogP contribution in [-0.2, 0) is 9.13 Å². The fourth-order valence-corrected chi connectivity index (χ4v) is 2.13. The van der Waals surface area contributed by atoms with E-state index < -0.39 is 77.5 Å². The molecule has 0 heterocycles. The van der Waals surface area contributed by atoms with Crippen molar-refractivity contribution in [3.8, 4) is 0 Å². The minimum atomic E-state index is -6.64. The Bertz CT molecular complexity index is 1020. The fourth-order valence-electron chi connectivity index (χ4n) is 0.559. The molecule has 0 fully saturated rings. The van der Waals surface area contributed by atoms with E-state index in [2.05, 4.69) is 24.7 Å². The van der Waals surface area contributed by atoms with Gasteiger partial charge in [-0.3, -0.25) is 9.13 Å². The lowest BCUT2D eigenvalue weighted by Crippen LogP contribution is -2.34. The summed E-state index contributed by atoms with van der Waals surface area (Å²) in [6, 6.07) is 0. The van der Waals surface area contributed by atoms with E-state index in [-0.39, 0.29) is 0 Å². The summed E-state index contributed by atoms with van der Waals surface area (Å²) in [5.41, 5.74) is 0. The number of hydrogen-bond donors (Lipinski definition) is 5. The first-order chi connectivity index (χ1) is 18.2. The van der Waals surface area contributed by atoms with Gasteiger partial charge in [-0.15, -0.1) is 0 Å². The van der Waals surface area contributed by atoms with Crippen molar-refractivity contribution in [2.45, 2.75) is 37.4 Å². The predicted octanol–water partition coefficient (Wildman–Crippen LogP) is 0.500. The summed E-state index contributed by atoms with van der Waals surface area (Å²) in [6.07, 6.45) is -19.1. The van der Waals surface area contributed by atoms with Gasteiger partial charge in [-0.05, 0) is 19.8 Å². The SMILES string of the molecule is [2H]OC(C([2H])([2H])C([2H])([2H])N(C([2H])([2H])[2H])C([2H])([2H])C([2H])([2H])C([2H])([2H])C([2H])([2H])C([2H])([2H])[2H])(P(=O)(O[2H])O[2H])P(=O)(O[2H])O[2H]. The third-order valence-corrected chi connectivity index (χ3v) is 4.54. The van der Waals surface area contributed by atoms with Crippen molar-refractivity contribution >= 4 is 15.2 Å². The highest BCUT2D eigenvalue weighted by atomic mass is 31.2. The Balaban J connectivity index is 8.20. The van der Waals surface area contributed by atoms with Crippen LogP contribution in [0.15, 0.2) is 0 Å². The van der Waals surface area contributed by atoms with E-state index >= 15 is 0 Å². The molecule has 116 valence electrons. The Kier molecular flexibility index (Phi) is 1.44. The highest BCUT2D eigenvalue weighted by molar-refractivity contribution is 7.72. The molecule has 0 radical (unpaired) electrons. The molecule has 10 heteroatoms. The fraction of sp³-hybridized carbons (Fsp3) is 1.00. The number of aliphatic hydroxyl groups is 1. The van der Waals surface area contributed by atoms with Gasteiger partial charge in [-0.25, -0.2) is 0 Å². The van der Waals surface area contributed by atoms with Gasteiger partial charge >= 0.3 is 15.2 Å². The Morgan fingerprint density at radius 2 is 1.89 bits per heavy atom. The molecular weight excluding hydrogens is 296 g/mol. The van der Waals surface area contributed by atoms with E-state index in [0.29, 0.717) is 0 Å². The van der Waals surface area contributed by atoms with Crippen molar-refractivity contribution in [1.29, 1.82) is 7.16 Å². The first-order valence-corrected chi connectivity index (χ1v) is 7.00. The van der Waals surface area contributed by atoms with Crippen LogP contribution in [0.3, 0.4) is 0 Å². The van der Waals surface area contributed by atoms with Crippen LogP contribution in [0.4, 0.5) is 0 Å². The van der Waals surface area contributed by atoms with Crippen LogP contribution < -0.4 is 0 Å². The molecule has 0 aliphatic heterocycles. The molecule has 0 unspecified atom stereocenters. The van der Waals surface area contributed by atoms with E-state index in [1.807, 2.05) is 0 Å². The molecular formula is C9H23NO7P2. The molecule has 0 aromatic heterocycles. The average molecular weight is 342 g/mol. The predicted molar refractivity (Wildman–Crippen MR) is 70.7 cm³/mol. The highest BCUT2D eigenvalue weighted by Gasteiger charge is 2.58. The third-order valence-electron chi connectivity index (χ3n) is 1.37. The first-order valence-electron chi connectivity index (χ1n) is 15.0. The van der Waals surface area contributed by atoms with Gasteiger partial charge in [-0.2, -0.15) is 0 Å². The molecule has 0 saturated heterocycles. The lowest BCUT2D eigenvalue weighted by Gasteiger charge is -2.30. The normalized spacial score (nSPS) is 37.4. The number of rotatable bonds is 14. The Hall–Kier alpha value is 0.220. The minimum Gasteiger partial charge on any atom is -0.367 e. The van der Waals surface area contributed by atoms with E-state index in [0.717, 1.165) is 0 Å². The van der Waals surface area contributed by atoms with Crippen LogP contribution in [0.5, 0.6) is 0 Å². The van der Waals surface area contributed by atoms with Crippen LogP contribution in [0.2, 0.25) is 0 Å². The largest absolute Gasteiger partial charge is 0.369 e. The van der Waals surface area contributed by atoms with E-state index in [4.69, 9.17) is 31.8 Å². The minimum absolute atomic E-state index is 1.54. The van der Waals surface area contributed by atoms with Gasteiger partial charge in [-0.1, -0.05) is 19.6 Å². The van der Waals surface area contributed by atoms with Crippen molar-refractivity contribution in [3.63, 3.8) is 0 Å². The van der Waals surface area contributed by atoms with E-state index in [9.17, 15) is 9.13 Å². The first kappa shape index (κ1) is 3.76. The maximum atomic E-state index is 13.1. The summed E-state index contributed by atoms with van der Waals surface area (Å²) in [6.45, 7) is -18.8. The van der Waals surface area contributed by atoms with Gasteiger partial charge in [0.05, 0.1) is 0 Å². The monoisotopic (exact) mass is 342 g/mol. The second-order valence-electron chi connectivity index (χ2n) is 2.66. The van der Waals surface area contributed by atoms with E-state index in [1.54, 1.807) is 0 Å². The Labute approximate surface area is 145 Å². The van der Waals surface area contributed by atoms with Crippen molar-refractivity contribution in [2.75, 3.05) is 20.0 Å². The standard InChI is InChI=1S/C9H23NO7P2/c1-3-4-5-7-10(2)8-6-9(11,18(12,13)14)19(15,16)17/h11H,3-8H2,1-2H3,(H2,12,13,14)(H2,15,16,17)/i1D3,2D3,3D2,4D2,5D2,6D2,7D2,8D2,11D/hD4. The van der Waals surface area contributed by atoms with Crippen LogP contribution in [0.1, 0.15) is 57.0 Å². The molecule has 0 atom stereocenters. The lowest BCUT2D eigenvalue weighted by molar-refractivity contribution is 0.112. The van der Waals surface area contributed by atoms with E-state index in [1.165, 1.54) is 0 Å². The third kappa shape index (κ3) is 5.61. The molecule has 0 amide bonds. The molecule has 0 aliphatic carbocycles. The smallest absolute Gasteiger partial charge is 0.367 e. The van der Waals surface area contributed by atoms with Gasteiger partial charge in [0.25, 0.3) is 5.08 Å². The van der Waals surface area contributed by atoms with Gasteiger partial charge in [0.1, 0.15) is 0 Å². The zero-order chi connectivity index (χ0) is 34.6. The maximum absolute atomic E-state index is 13.1. The van der Waals surface area contributed by atoms with Gasteiger partial charge in [0, 0.05) is 37.5 Å². The lowest BCUT2D eigenvalue weighted by atomic mass is 10.2. The maximum Gasteiger partial charge on any atom is 0.369 e. The van der Waals surface area contributed by atoms with Gasteiger partial charge in [0.2, 0.25) is 7.16 Å². The zero-order valence-electron chi connectivity index (χ0n) is 31.7. The van der Waals surface area contributed by atoms with Crippen LogP contribution in [-0.4, -0.2) is 61.8 Å². The van der Waals surface area contributed by atoms with Crippen LogP contribution >= 0.6 is 15.2 Å². The highest BCUT2D eigenvalue weighted by Crippen LogP contribution is 2.68. The average Bonchev–Trinajstić information content (AvgIpc) is 2.81. The summed E-state index contributed by atoms with van der Waals surface area (Å²) in [7, 11) is -13.3. The second-order valence-corrected chi connectivity index (χ2v) is 6.26. The number of nitrogens with zero attached hydrogens (tertiary/aromatic N) is 1. The molecule has 0 aromatic rings. The summed E-state index contributed by atoms with van der Waals surface area (Å²) in [5, 5.41) is -1.36. The summed E-state index contributed by atoms with van der Waals surface area (Å²) < 4.78 is 201. The molecule has 0 bridgehead atoms. The molecule has 5 N–H and O–H groups in total. The van der Waals surface area contributed by atoms with Crippen molar-refractivity contribution in [1.82, 2.24) is 4.90 Å².